The summed E-state index contributed by atoms with van der Waals surface area (Å²) in [5.74, 6) is 0. The van der Waals surface area contributed by atoms with E-state index in [2.05, 4.69) is 64.6 Å². The predicted molar refractivity (Wildman–Crippen MR) is 81.8 cm³/mol. The lowest BCUT2D eigenvalue weighted by molar-refractivity contribution is 0.426. The maximum atomic E-state index is 4.50. The molecule has 2 aromatic rings. The molecule has 0 radical (unpaired) electrons. The van der Waals surface area contributed by atoms with Gasteiger partial charge in [-0.15, -0.1) is 0 Å². The van der Waals surface area contributed by atoms with Gasteiger partial charge in [-0.25, -0.2) is 0 Å². The zero-order valence-electron chi connectivity index (χ0n) is 10.8. The molecule has 0 unspecified atom stereocenters. The summed E-state index contributed by atoms with van der Waals surface area (Å²) in [6.45, 7) is 7.38. The Labute approximate surface area is 121 Å². The van der Waals surface area contributed by atoms with E-state index in [0.29, 0.717) is 0 Å². The number of rotatable bonds is 3. The Morgan fingerprint density at radius 3 is 2.50 bits per heavy atom. The third-order valence-electron chi connectivity index (χ3n) is 2.49. The summed E-state index contributed by atoms with van der Waals surface area (Å²) in [5.41, 5.74) is 2.36. The summed E-state index contributed by atoms with van der Waals surface area (Å²) in [4.78, 5) is 1.27. The summed E-state index contributed by atoms with van der Waals surface area (Å²) in [7, 11) is 0. The van der Waals surface area contributed by atoms with Crippen LogP contribution in [0.5, 0.6) is 0 Å². The van der Waals surface area contributed by atoms with Crippen LogP contribution in [0.3, 0.4) is 0 Å². The molecular weight excluding hydrogens is 308 g/mol. The zero-order valence-corrected chi connectivity index (χ0v) is 13.2. The van der Waals surface area contributed by atoms with Gasteiger partial charge < -0.3 is 5.32 Å². The Bertz CT molecular complexity index is 511. The topological polar surface area (TPSA) is 24.9 Å². The molecule has 0 saturated heterocycles. The first-order valence-electron chi connectivity index (χ1n) is 5.91. The van der Waals surface area contributed by atoms with Gasteiger partial charge in [-0.05, 0) is 50.5 Å². The van der Waals surface area contributed by atoms with Crippen molar-refractivity contribution >= 4 is 27.5 Å². The number of nitrogens with zero attached hydrogens (tertiary/aromatic N) is 1. The molecule has 18 heavy (non-hydrogen) atoms. The lowest BCUT2D eigenvalue weighted by Gasteiger charge is -2.19. The molecule has 0 fully saturated rings. The van der Waals surface area contributed by atoms with Gasteiger partial charge >= 0.3 is 0 Å². The first-order chi connectivity index (χ1) is 8.44. The van der Waals surface area contributed by atoms with Gasteiger partial charge in [-0.3, -0.25) is 0 Å². The third-order valence-corrected chi connectivity index (χ3v) is 3.81. The molecule has 1 aromatic carbocycles. The molecule has 0 aliphatic heterocycles. The van der Waals surface area contributed by atoms with Gasteiger partial charge in [0, 0.05) is 27.0 Å². The fourth-order valence-corrected chi connectivity index (χ4v) is 2.44. The molecule has 0 amide bonds. The molecule has 2 rings (SSSR count). The van der Waals surface area contributed by atoms with Crippen molar-refractivity contribution in [3.63, 3.8) is 0 Å². The smallest absolute Gasteiger partial charge is 0.0844 e. The molecule has 0 bridgehead atoms. The molecule has 1 heterocycles. The molecule has 4 heteroatoms. The zero-order chi connectivity index (χ0) is 13.2. The maximum absolute atomic E-state index is 4.50. The number of hydrogen-bond acceptors (Lipinski definition) is 3. The Morgan fingerprint density at radius 2 is 1.89 bits per heavy atom. The van der Waals surface area contributed by atoms with Crippen molar-refractivity contribution in [1.82, 2.24) is 9.69 Å². The van der Waals surface area contributed by atoms with E-state index in [9.17, 15) is 0 Å². The van der Waals surface area contributed by atoms with Gasteiger partial charge in [-0.2, -0.15) is 4.37 Å². The van der Waals surface area contributed by atoms with E-state index in [1.165, 1.54) is 4.88 Å². The van der Waals surface area contributed by atoms with Crippen molar-refractivity contribution in [1.29, 1.82) is 0 Å². The summed E-state index contributed by atoms with van der Waals surface area (Å²) < 4.78 is 5.60. The van der Waals surface area contributed by atoms with Crippen LogP contribution in [-0.2, 0) is 6.54 Å². The standard InChI is InChI=1S/C14H17BrN2S/c1-14(2,3)16-9-12-8-13(17-18-12)10-4-6-11(15)7-5-10/h4-8,16H,9H2,1-3H3. The predicted octanol–water partition coefficient (Wildman–Crippen LogP) is 4.46. The van der Waals surface area contributed by atoms with E-state index in [0.717, 1.165) is 22.3 Å². The van der Waals surface area contributed by atoms with Crippen LogP contribution in [0.2, 0.25) is 0 Å². The van der Waals surface area contributed by atoms with Gasteiger partial charge in [0.2, 0.25) is 0 Å². The van der Waals surface area contributed by atoms with Gasteiger partial charge in [0.1, 0.15) is 0 Å². The number of nitrogens with one attached hydrogen (secondary N) is 1. The first kappa shape index (κ1) is 13.7. The maximum Gasteiger partial charge on any atom is 0.0844 e. The molecule has 1 aromatic heterocycles. The second kappa shape index (κ2) is 5.51. The van der Waals surface area contributed by atoms with Crippen molar-refractivity contribution in [3.8, 4) is 11.3 Å². The minimum atomic E-state index is 0.141. The van der Waals surface area contributed by atoms with Crippen LogP contribution in [0.25, 0.3) is 11.3 Å². The number of aromatic nitrogens is 1. The fourth-order valence-electron chi connectivity index (χ4n) is 1.51. The average Bonchev–Trinajstić information content (AvgIpc) is 2.75. The van der Waals surface area contributed by atoms with Gasteiger partial charge in [-0.1, -0.05) is 28.1 Å². The van der Waals surface area contributed by atoms with Crippen LogP contribution in [0.15, 0.2) is 34.8 Å². The van der Waals surface area contributed by atoms with E-state index in [4.69, 9.17) is 0 Å². The highest BCUT2D eigenvalue weighted by Crippen LogP contribution is 2.23. The monoisotopic (exact) mass is 324 g/mol. The van der Waals surface area contributed by atoms with Gasteiger partial charge in [0.25, 0.3) is 0 Å². The second-order valence-corrected chi connectivity index (χ2v) is 7.09. The molecule has 0 atom stereocenters. The van der Waals surface area contributed by atoms with Crippen molar-refractivity contribution in [2.45, 2.75) is 32.9 Å². The molecular formula is C14H17BrN2S. The highest BCUT2D eigenvalue weighted by Gasteiger charge is 2.10. The Morgan fingerprint density at radius 1 is 1.22 bits per heavy atom. The SMILES string of the molecule is CC(C)(C)NCc1cc(-c2ccc(Br)cc2)ns1. The van der Waals surface area contributed by atoms with Crippen molar-refractivity contribution in [2.75, 3.05) is 0 Å². The van der Waals surface area contributed by atoms with Crippen molar-refractivity contribution in [2.24, 2.45) is 0 Å². The highest BCUT2D eigenvalue weighted by molar-refractivity contribution is 9.10. The average molecular weight is 325 g/mol. The van der Waals surface area contributed by atoms with Crippen LogP contribution >= 0.6 is 27.5 Å². The van der Waals surface area contributed by atoms with E-state index in [1.54, 1.807) is 11.5 Å². The summed E-state index contributed by atoms with van der Waals surface area (Å²) in [6, 6.07) is 10.4. The summed E-state index contributed by atoms with van der Waals surface area (Å²) in [5, 5.41) is 3.47. The lowest BCUT2D eigenvalue weighted by Crippen LogP contribution is -2.34. The highest BCUT2D eigenvalue weighted by atomic mass is 79.9. The van der Waals surface area contributed by atoms with E-state index in [1.807, 2.05) is 12.1 Å². The summed E-state index contributed by atoms with van der Waals surface area (Å²) in [6.07, 6.45) is 0. The number of benzene rings is 1. The largest absolute Gasteiger partial charge is 0.307 e. The van der Waals surface area contributed by atoms with E-state index < -0.39 is 0 Å². The van der Waals surface area contributed by atoms with Crippen LogP contribution in [0, 0.1) is 0 Å². The van der Waals surface area contributed by atoms with E-state index >= 15 is 0 Å². The number of hydrogen-bond donors (Lipinski definition) is 1. The fraction of sp³-hybridized carbons (Fsp3) is 0.357. The lowest BCUT2D eigenvalue weighted by atomic mass is 10.1. The van der Waals surface area contributed by atoms with Crippen LogP contribution in [0.1, 0.15) is 25.6 Å². The van der Waals surface area contributed by atoms with Crippen LogP contribution in [-0.4, -0.2) is 9.91 Å². The molecule has 1 N–H and O–H groups in total. The molecule has 2 nitrogen and oxygen atoms in total. The first-order valence-corrected chi connectivity index (χ1v) is 7.47. The molecule has 0 aliphatic carbocycles. The molecule has 0 spiro atoms. The van der Waals surface area contributed by atoms with E-state index in [-0.39, 0.29) is 5.54 Å². The Balaban J connectivity index is 2.08. The molecule has 0 saturated carbocycles. The molecule has 96 valence electrons. The third kappa shape index (κ3) is 3.90. The van der Waals surface area contributed by atoms with Gasteiger partial charge in [0.15, 0.2) is 0 Å². The minimum Gasteiger partial charge on any atom is -0.307 e. The second-order valence-electron chi connectivity index (χ2n) is 5.29. The van der Waals surface area contributed by atoms with Crippen molar-refractivity contribution in [3.05, 3.63) is 39.7 Å². The van der Waals surface area contributed by atoms with Gasteiger partial charge in [0.05, 0.1) is 5.69 Å². The Hall–Kier alpha value is -0.710. The summed E-state index contributed by atoms with van der Waals surface area (Å²) >= 11 is 5.01. The minimum absolute atomic E-state index is 0.141. The molecule has 0 aliphatic rings. The Kier molecular flexibility index (Phi) is 4.20. The van der Waals surface area contributed by atoms with Crippen molar-refractivity contribution < 1.29 is 0 Å². The van der Waals surface area contributed by atoms with Crippen LogP contribution in [0.4, 0.5) is 0 Å². The normalized spacial score (nSPS) is 11.8. The number of halogens is 1. The van der Waals surface area contributed by atoms with Crippen LogP contribution < -0.4 is 5.32 Å². The quantitative estimate of drug-likeness (QED) is 0.901.